The van der Waals surface area contributed by atoms with Gasteiger partial charge in [0.05, 0.1) is 6.54 Å². The molecule has 3 nitrogen and oxygen atoms in total. The zero-order valence-corrected chi connectivity index (χ0v) is 10.7. The van der Waals surface area contributed by atoms with E-state index in [2.05, 4.69) is 26.0 Å². The van der Waals surface area contributed by atoms with Crippen molar-refractivity contribution < 1.29 is 4.39 Å². The van der Waals surface area contributed by atoms with E-state index in [4.69, 9.17) is 0 Å². The van der Waals surface area contributed by atoms with Crippen LogP contribution in [0, 0.1) is 5.82 Å². The summed E-state index contributed by atoms with van der Waals surface area (Å²) in [7, 11) is 0. The summed E-state index contributed by atoms with van der Waals surface area (Å²) in [6.07, 6.45) is 4.03. The molecule has 1 aromatic carbocycles. The molecule has 17 heavy (non-hydrogen) atoms. The number of nitrogens with zero attached hydrogens (tertiary/aromatic N) is 3. The van der Waals surface area contributed by atoms with Crippen LogP contribution in [-0.4, -0.2) is 14.8 Å². The Hall–Kier alpha value is -1.23. The van der Waals surface area contributed by atoms with E-state index in [0.717, 1.165) is 10.3 Å². The molecule has 0 radical (unpaired) electrons. The van der Waals surface area contributed by atoms with Crippen molar-refractivity contribution in [1.82, 2.24) is 14.8 Å². The summed E-state index contributed by atoms with van der Waals surface area (Å²) in [6, 6.07) is 5.06. The van der Waals surface area contributed by atoms with Crippen LogP contribution < -0.4 is 0 Å². The van der Waals surface area contributed by atoms with Crippen molar-refractivity contribution in [2.45, 2.75) is 25.3 Å². The zero-order valence-electron chi connectivity index (χ0n) is 9.11. The summed E-state index contributed by atoms with van der Waals surface area (Å²) >= 11 is 3.24. The molecule has 1 aliphatic carbocycles. The predicted molar refractivity (Wildman–Crippen MR) is 65.2 cm³/mol. The number of hydrogen-bond donors (Lipinski definition) is 0. The van der Waals surface area contributed by atoms with Crippen molar-refractivity contribution in [1.29, 1.82) is 0 Å². The highest BCUT2D eigenvalue weighted by Gasteiger charge is 2.27. The van der Waals surface area contributed by atoms with E-state index in [9.17, 15) is 4.39 Å². The van der Waals surface area contributed by atoms with Gasteiger partial charge in [-0.1, -0.05) is 22.0 Å². The molecule has 1 fully saturated rings. The molecule has 0 aliphatic heterocycles. The normalized spacial score (nSPS) is 15.2. The third-order valence-electron chi connectivity index (χ3n) is 2.84. The minimum atomic E-state index is -0.220. The molecule has 2 aromatic rings. The number of benzene rings is 1. The minimum absolute atomic E-state index is 0.220. The van der Waals surface area contributed by atoms with E-state index < -0.39 is 0 Å². The molecule has 0 spiro atoms. The first-order chi connectivity index (χ1) is 8.22. The van der Waals surface area contributed by atoms with Crippen LogP contribution in [0.2, 0.25) is 0 Å². The smallest absolute Gasteiger partial charge is 0.153 e. The van der Waals surface area contributed by atoms with Crippen LogP contribution in [0.25, 0.3) is 0 Å². The standard InChI is InChI=1S/C12H11BrFN3/c13-10-4-3-9(11(14)5-10)6-17-7-15-12(16-17)8-1-2-8/h3-5,7-8H,1-2,6H2. The van der Waals surface area contributed by atoms with Crippen molar-refractivity contribution in [2.75, 3.05) is 0 Å². The fraction of sp³-hybridized carbons (Fsp3) is 0.333. The van der Waals surface area contributed by atoms with Gasteiger partial charge in [0, 0.05) is 16.0 Å². The Labute approximate surface area is 107 Å². The molecule has 5 heteroatoms. The van der Waals surface area contributed by atoms with Crippen LogP contribution >= 0.6 is 15.9 Å². The van der Waals surface area contributed by atoms with E-state index in [1.807, 2.05) is 6.07 Å². The van der Waals surface area contributed by atoms with Crippen molar-refractivity contribution in [3.05, 3.63) is 46.2 Å². The largest absolute Gasteiger partial charge is 0.248 e. The second-order valence-corrected chi connectivity index (χ2v) is 5.23. The Kier molecular flexibility index (Phi) is 2.70. The van der Waals surface area contributed by atoms with Crippen LogP contribution in [-0.2, 0) is 6.54 Å². The van der Waals surface area contributed by atoms with Crippen molar-refractivity contribution in [3.63, 3.8) is 0 Å². The Balaban J connectivity index is 1.80. The Morgan fingerprint density at radius 2 is 2.24 bits per heavy atom. The van der Waals surface area contributed by atoms with Gasteiger partial charge >= 0.3 is 0 Å². The molecule has 1 aliphatic rings. The summed E-state index contributed by atoms with van der Waals surface area (Å²) < 4.78 is 16.1. The SMILES string of the molecule is Fc1cc(Br)ccc1Cn1cnc(C2CC2)n1. The lowest BCUT2D eigenvalue weighted by Gasteiger charge is -2.03. The summed E-state index contributed by atoms with van der Waals surface area (Å²) in [5, 5.41) is 4.36. The fourth-order valence-electron chi connectivity index (χ4n) is 1.74. The highest BCUT2D eigenvalue weighted by Crippen LogP contribution is 2.37. The lowest BCUT2D eigenvalue weighted by Crippen LogP contribution is -2.03. The van der Waals surface area contributed by atoms with Gasteiger partial charge in [-0.05, 0) is 25.0 Å². The van der Waals surface area contributed by atoms with Crippen LogP contribution in [0.3, 0.4) is 0 Å². The Morgan fingerprint density at radius 1 is 1.41 bits per heavy atom. The minimum Gasteiger partial charge on any atom is -0.248 e. The Morgan fingerprint density at radius 3 is 2.94 bits per heavy atom. The number of rotatable bonds is 3. The predicted octanol–water partition coefficient (Wildman–Crippen LogP) is 3.11. The molecule has 1 heterocycles. The number of halogens is 2. The third-order valence-corrected chi connectivity index (χ3v) is 3.34. The van der Waals surface area contributed by atoms with Gasteiger partial charge < -0.3 is 0 Å². The second kappa shape index (κ2) is 4.22. The van der Waals surface area contributed by atoms with Gasteiger partial charge in [0.15, 0.2) is 5.82 Å². The number of aromatic nitrogens is 3. The average Bonchev–Trinajstić information content (AvgIpc) is 3.04. The monoisotopic (exact) mass is 295 g/mol. The topological polar surface area (TPSA) is 30.7 Å². The summed E-state index contributed by atoms with van der Waals surface area (Å²) in [5.74, 6) is 1.20. The summed E-state index contributed by atoms with van der Waals surface area (Å²) in [5.41, 5.74) is 0.625. The average molecular weight is 296 g/mol. The maximum atomic E-state index is 13.6. The van der Waals surface area contributed by atoms with Crippen molar-refractivity contribution in [3.8, 4) is 0 Å². The molecule has 3 rings (SSSR count). The highest BCUT2D eigenvalue weighted by atomic mass is 79.9. The van der Waals surface area contributed by atoms with Gasteiger partial charge in [0.25, 0.3) is 0 Å². The first-order valence-electron chi connectivity index (χ1n) is 5.55. The molecule has 0 unspecified atom stereocenters. The van der Waals surface area contributed by atoms with E-state index >= 15 is 0 Å². The molecular formula is C12H11BrFN3. The van der Waals surface area contributed by atoms with Gasteiger partial charge in [-0.25, -0.2) is 14.1 Å². The number of hydrogen-bond acceptors (Lipinski definition) is 2. The van der Waals surface area contributed by atoms with Crippen molar-refractivity contribution in [2.24, 2.45) is 0 Å². The maximum Gasteiger partial charge on any atom is 0.153 e. The lowest BCUT2D eigenvalue weighted by molar-refractivity contribution is 0.582. The fourth-order valence-corrected chi connectivity index (χ4v) is 2.07. The van der Waals surface area contributed by atoms with Crippen LogP contribution in [0.15, 0.2) is 29.0 Å². The Bertz CT molecular complexity index is 548. The van der Waals surface area contributed by atoms with Crippen LogP contribution in [0.4, 0.5) is 4.39 Å². The van der Waals surface area contributed by atoms with Crippen LogP contribution in [0.5, 0.6) is 0 Å². The van der Waals surface area contributed by atoms with Crippen LogP contribution in [0.1, 0.15) is 30.1 Å². The van der Waals surface area contributed by atoms with E-state index in [1.54, 1.807) is 17.1 Å². The third kappa shape index (κ3) is 2.39. The van der Waals surface area contributed by atoms with E-state index in [-0.39, 0.29) is 5.82 Å². The van der Waals surface area contributed by atoms with E-state index in [0.29, 0.717) is 18.0 Å². The molecule has 88 valence electrons. The molecule has 0 saturated heterocycles. The molecular weight excluding hydrogens is 285 g/mol. The molecule has 0 N–H and O–H groups in total. The molecule has 0 atom stereocenters. The van der Waals surface area contributed by atoms with Gasteiger partial charge in [0.2, 0.25) is 0 Å². The quantitative estimate of drug-likeness (QED) is 0.871. The highest BCUT2D eigenvalue weighted by molar-refractivity contribution is 9.10. The molecule has 0 bridgehead atoms. The maximum absolute atomic E-state index is 13.6. The van der Waals surface area contributed by atoms with Gasteiger partial charge in [-0.2, -0.15) is 5.10 Å². The van der Waals surface area contributed by atoms with E-state index in [1.165, 1.54) is 18.9 Å². The first-order valence-corrected chi connectivity index (χ1v) is 6.35. The second-order valence-electron chi connectivity index (χ2n) is 4.31. The van der Waals surface area contributed by atoms with Gasteiger partial charge in [0.1, 0.15) is 12.1 Å². The zero-order chi connectivity index (χ0) is 11.8. The molecule has 1 saturated carbocycles. The van der Waals surface area contributed by atoms with Gasteiger partial charge in [-0.15, -0.1) is 0 Å². The van der Waals surface area contributed by atoms with Gasteiger partial charge in [-0.3, -0.25) is 0 Å². The lowest BCUT2D eigenvalue weighted by atomic mass is 10.2. The molecule has 0 amide bonds. The van der Waals surface area contributed by atoms with Crippen molar-refractivity contribution >= 4 is 15.9 Å². The first kappa shape index (κ1) is 10.9. The molecule has 1 aromatic heterocycles. The summed E-state index contributed by atoms with van der Waals surface area (Å²) in [4.78, 5) is 4.24. The summed E-state index contributed by atoms with van der Waals surface area (Å²) in [6.45, 7) is 0.429.